The van der Waals surface area contributed by atoms with Crippen LogP contribution < -0.4 is 11.5 Å². The number of carbonyl (C=O) groups excluding carboxylic acids is 1. The van der Waals surface area contributed by atoms with Crippen molar-refractivity contribution in [3.63, 3.8) is 0 Å². The van der Waals surface area contributed by atoms with E-state index < -0.39 is 0 Å². The van der Waals surface area contributed by atoms with Crippen LogP contribution in [0.5, 0.6) is 0 Å². The molecule has 0 rings (SSSR count). The zero-order valence-corrected chi connectivity index (χ0v) is 8.26. The third kappa shape index (κ3) is 3.83. The van der Waals surface area contributed by atoms with Gasteiger partial charge in [0, 0.05) is 5.41 Å². The molecular weight excluding hydrogens is 152 g/mol. The third-order valence-corrected chi connectivity index (χ3v) is 1.80. The normalized spacial score (nSPS) is 14.4. The summed E-state index contributed by atoms with van der Waals surface area (Å²) in [5.41, 5.74) is 10.7. The fourth-order valence-corrected chi connectivity index (χ4v) is 1.03. The summed E-state index contributed by atoms with van der Waals surface area (Å²) in [7, 11) is 0. The molecule has 0 spiro atoms. The predicted octanol–water partition coefficient (Wildman–Crippen LogP) is 0.668. The summed E-state index contributed by atoms with van der Waals surface area (Å²) in [6.45, 7) is 6.26. The lowest BCUT2D eigenvalue weighted by Crippen LogP contribution is -2.39. The second-order valence-electron chi connectivity index (χ2n) is 4.15. The maximum absolute atomic E-state index is 11.5. The van der Waals surface area contributed by atoms with Gasteiger partial charge in [-0.25, -0.2) is 0 Å². The van der Waals surface area contributed by atoms with Crippen molar-refractivity contribution >= 4 is 5.78 Å². The van der Waals surface area contributed by atoms with E-state index in [1.807, 2.05) is 20.8 Å². The molecule has 0 aliphatic heterocycles. The Balaban J connectivity index is 3.94. The van der Waals surface area contributed by atoms with Gasteiger partial charge in [0.1, 0.15) is 0 Å². The van der Waals surface area contributed by atoms with E-state index in [9.17, 15) is 4.79 Å². The van der Waals surface area contributed by atoms with Gasteiger partial charge in [0.2, 0.25) is 0 Å². The zero-order chi connectivity index (χ0) is 9.78. The number of ketones is 1. The van der Waals surface area contributed by atoms with Crippen LogP contribution >= 0.6 is 0 Å². The molecule has 0 fully saturated rings. The van der Waals surface area contributed by atoms with E-state index in [0.29, 0.717) is 13.0 Å². The Morgan fingerprint density at radius 2 is 1.92 bits per heavy atom. The first-order valence-electron chi connectivity index (χ1n) is 4.39. The Labute approximate surface area is 74.5 Å². The van der Waals surface area contributed by atoms with E-state index >= 15 is 0 Å². The molecule has 0 amide bonds. The van der Waals surface area contributed by atoms with E-state index in [-0.39, 0.29) is 17.2 Å². The van der Waals surface area contributed by atoms with E-state index in [2.05, 4.69) is 0 Å². The Bertz CT molecular complexity index is 149. The second-order valence-corrected chi connectivity index (χ2v) is 4.15. The van der Waals surface area contributed by atoms with Crippen molar-refractivity contribution in [1.82, 2.24) is 0 Å². The Hall–Kier alpha value is -0.410. The summed E-state index contributed by atoms with van der Waals surface area (Å²) < 4.78 is 0. The predicted molar refractivity (Wildman–Crippen MR) is 50.7 cm³/mol. The first kappa shape index (κ1) is 11.6. The number of Topliss-reactive ketones (excluding diaryl/α,β-unsaturated/α-hetero) is 1. The molecular formula is C9H20N2O. The highest BCUT2D eigenvalue weighted by atomic mass is 16.1. The van der Waals surface area contributed by atoms with Crippen LogP contribution in [0.4, 0.5) is 0 Å². The van der Waals surface area contributed by atoms with Crippen LogP contribution in [0.3, 0.4) is 0 Å². The fourth-order valence-electron chi connectivity index (χ4n) is 1.03. The Morgan fingerprint density at radius 1 is 1.42 bits per heavy atom. The smallest absolute Gasteiger partial charge is 0.154 e. The van der Waals surface area contributed by atoms with Gasteiger partial charge in [-0.2, -0.15) is 0 Å². The van der Waals surface area contributed by atoms with E-state index in [0.717, 1.165) is 6.42 Å². The summed E-state index contributed by atoms with van der Waals surface area (Å²) in [5.74, 6) is 0.121. The van der Waals surface area contributed by atoms with Crippen molar-refractivity contribution in [2.75, 3.05) is 6.54 Å². The van der Waals surface area contributed by atoms with Crippen molar-refractivity contribution in [1.29, 1.82) is 0 Å². The highest BCUT2D eigenvalue weighted by Gasteiger charge is 2.26. The maximum atomic E-state index is 11.5. The molecule has 3 heteroatoms. The molecule has 0 saturated carbocycles. The minimum Gasteiger partial charge on any atom is -0.330 e. The van der Waals surface area contributed by atoms with Gasteiger partial charge in [0.15, 0.2) is 5.78 Å². The molecule has 1 atom stereocenters. The maximum Gasteiger partial charge on any atom is 0.154 e. The zero-order valence-electron chi connectivity index (χ0n) is 8.26. The third-order valence-electron chi connectivity index (χ3n) is 1.80. The molecule has 0 aromatic carbocycles. The van der Waals surface area contributed by atoms with Crippen LogP contribution in [0.25, 0.3) is 0 Å². The first-order chi connectivity index (χ1) is 5.39. The SMILES string of the molecule is CC(C)(C)C(=O)C(N)CCCN. The summed E-state index contributed by atoms with van der Waals surface area (Å²) >= 11 is 0. The Kier molecular flexibility index (Phi) is 4.42. The average molecular weight is 172 g/mol. The van der Waals surface area contributed by atoms with Gasteiger partial charge in [0.25, 0.3) is 0 Å². The number of carbonyl (C=O) groups is 1. The molecule has 0 radical (unpaired) electrons. The Morgan fingerprint density at radius 3 is 2.25 bits per heavy atom. The van der Waals surface area contributed by atoms with E-state index in [1.54, 1.807) is 0 Å². The highest BCUT2D eigenvalue weighted by Crippen LogP contribution is 2.17. The highest BCUT2D eigenvalue weighted by molar-refractivity contribution is 5.88. The second kappa shape index (κ2) is 4.58. The minimum absolute atomic E-state index is 0.121. The number of hydrogen-bond acceptors (Lipinski definition) is 3. The van der Waals surface area contributed by atoms with Gasteiger partial charge in [-0.1, -0.05) is 20.8 Å². The monoisotopic (exact) mass is 172 g/mol. The number of rotatable bonds is 4. The summed E-state index contributed by atoms with van der Waals surface area (Å²) in [6, 6.07) is -0.339. The molecule has 4 N–H and O–H groups in total. The molecule has 3 nitrogen and oxygen atoms in total. The first-order valence-corrected chi connectivity index (χ1v) is 4.39. The van der Waals surface area contributed by atoms with Crippen molar-refractivity contribution in [3.05, 3.63) is 0 Å². The molecule has 0 aromatic rings. The largest absolute Gasteiger partial charge is 0.330 e. The standard InChI is InChI=1S/C9H20N2O/c1-9(2,3)8(12)7(11)5-4-6-10/h7H,4-6,10-11H2,1-3H3. The number of hydrogen-bond donors (Lipinski definition) is 2. The lowest BCUT2D eigenvalue weighted by molar-refractivity contribution is -0.127. The molecule has 1 unspecified atom stereocenters. The van der Waals surface area contributed by atoms with Gasteiger partial charge in [0.05, 0.1) is 6.04 Å². The van der Waals surface area contributed by atoms with Gasteiger partial charge in [-0.15, -0.1) is 0 Å². The fraction of sp³-hybridized carbons (Fsp3) is 0.889. The van der Waals surface area contributed by atoms with Crippen molar-refractivity contribution in [2.24, 2.45) is 16.9 Å². The van der Waals surface area contributed by atoms with Crippen LogP contribution in [-0.2, 0) is 4.79 Å². The topological polar surface area (TPSA) is 69.1 Å². The van der Waals surface area contributed by atoms with Gasteiger partial charge < -0.3 is 11.5 Å². The molecule has 0 aliphatic carbocycles. The van der Waals surface area contributed by atoms with Crippen molar-refractivity contribution < 1.29 is 4.79 Å². The quantitative estimate of drug-likeness (QED) is 0.654. The molecule has 12 heavy (non-hydrogen) atoms. The van der Waals surface area contributed by atoms with Gasteiger partial charge >= 0.3 is 0 Å². The van der Waals surface area contributed by atoms with Crippen LogP contribution in [-0.4, -0.2) is 18.4 Å². The average Bonchev–Trinajstić information content (AvgIpc) is 1.97. The van der Waals surface area contributed by atoms with Crippen molar-refractivity contribution in [3.8, 4) is 0 Å². The van der Waals surface area contributed by atoms with Crippen LogP contribution in [0.2, 0.25) is 0 Å². The van der Waals surface area contributed by atoms with E-state index in [1.165, 1.54) is 0 Å². The van der Waals surface area contributed by atoms with Gasteiger partial charge in [-0.05, 0) is 19.4 Å². The molecule has 0 bridgehead atoms. The van der Waals surface area contributed by atoms with Crippen molar-refractivity contribution in [2.45, 2.75) is 39.7 Å². The summed E-state index contributed by atoms with van der Waals surface area (Å²) in [4.78, 5) is 11.5. The molecule has 0 aliphatic rings. The van der Waals surface area contributed by atoms with Crippen LogP contribution in [0.15, 0.2) is 0 Å². The van der Waals surface area contributed by atoms with Gasteiger partial charge in [-0.3, -0.25) is 4.79 Å². The lowest BCUT2D eigenvalue weighted by atomic mass is 9.85. The number of nitrogens with two attached hydrogens (primary N) is 2. The van der Waals surface area contributed by atoms with E-state index in [4.69, 9.17) is 11.5 Å². The van der Waals surface area contributed by atoms with Crippen LogP contribution in [0.1, 0.15) is 33.6 Å². The summed E-state index contributed by atoms with van der Waals surface area (Å²) in [5, 5.41) is 0. The molecule has 0 heterocycles. The molecule has 0 aromatic heterocycles. The van der Waals surface area contributed by atoms with Crippen LogP contribution in [0, 0.1) is 5.41 Å². The minimum atomic E-state index is -0.339. The molecule has 72 valence electrons. The summed E-state index contributed by atoms with van der Waals surface area (Å²) in [6.07, 6.45) is 1.52. The molecule has 0 saturated heterocycles. The lowest BCUT2D eigenvalue weighted by Gasteiger charge is -2.21.